The molecule has 1 aliphatic rings. The zero-order valence-corrected chi connectivity index (χ0v) is 11.8. The molecule has 0 radical (unpaired) electrons. The van der Waals surface area contributed by atoms with Gasteiger partial charge in [-0.2, -0.15) is 0 Å². The van der Waals surface area contributed by atoms with Crippen LogP contribution in [0.25, 0.3) is 0 Å². The number of aliphatic hydroxyl groups is 1. The minimum atomic E-state index is -0.105. The lowest BCUT2D eigenvalue weighted by atomic mass is 9.94. The molecular formula is C14H22O2S. The standard InChI is InChI=1S/C14H22O2S/c1-14(2,3)17-13(16)10-12(15)9-11-7-5-4-6-8-11/h9-10,15H,4-8H2,1-3H3/b12-10-. The monoisotopic (exact) mass is 254 g/mol. The van der Waals surface area contributed by atoms with E-state index in [1.807, 2.05) is 20.8 Å². The van der Waals surface area contributed by atoms with Crippen LogP contribution in [-0.2, 0) is 4.79 Å². The first-order valence-electron chi connectivity index (χ1n) is 6.20. The van der Waals surface area contributed by atoms with Crippen LogP contribution < -0.4 is 0 Å². The highest BCUT2D eigenvalue weighted by atomic mass is 32.2. The summed E-state index contributed by atoms with van der Waals surface area (Å²) in [5.74, 6) is 0.101. The Bertz CT molecular complexity index is 327. The first kappa shape index (κ1) is 14.4. The summed E-state index contributed by atoms with van der Waals surface area (Å²) in [6, 6.07) is 0. The van der Waals surface area contributed by atoms with Gasteiger partial charge in [0.05, 0.1) is 0 Å². The van der Waals surface area contributed by atoms with Crippen molar-refractivity contribution in [3.05, 3.63) is 23.5 Å². The quantitative estimate of drug-likeness (QED) is 0.587. The normalized spacial score (nSPS) is 18.1. The predicted molar refractivity (Wildman–Crippen MR) is 74.2 cm³/mol. The number of carbonyl (C=O) groups is 1. The van der Waals surface area contributed by atoms with E-state index in [0.717, 1.165) is 12.8 Å². The largest absolute Gasteiger partial charge is 0.508 e. The van der Waals surface area contributed by atoms with Gasteiger partial charge in [-0.15, -0.1) is 0 Å². The molecule has 0 aromatic heterocycles. The van der Waals surface area contributed by atoms with Gasteiger partial charge in [0, 0.05) is 10.8 Å². The van der Waals surface area contributed by atoms with Crippen molar-refractivity contribution in [3.8, 4) is 0 Å². The van der Waals surface area contributed by atoms with Gasteiger partial charge >= 0.3 is 0 Å². The topological polar surface area (TPSA) is 37.3 Å². The first-order valence-corrected chi connectivity index (χ1v) is 7.01. The summed E-state index contributed by atoms with van der Waals surface area (Å²) in [5.41, 5.74) is 1.26. The van der Waals surface area contributed by atoms with E-state index in [-0.39, 0.29) is 15.6 Å². The lowest BCUT2D eigenvalue weighted by molar-refractivity contribution is -0.107. The van der Waals surface area contributed by atoms with Crippen molar-refractivity contribution in [1.82, 2.24) is 0 Å². The van der Waals surface area contributed by atoms with Gasteiger partial charge in [-0.3, -0.25) is 4.79 Å². The third-order valence-corrected chi connectivity index (χ3v) is 3.45. The van der Waals surface area contributed by atoms with Crippen LogP contribution in [0, 0.1) is 0 Å². The van der Waals surface area contributed by atoms with Crippen LogP contribution >= 0.6 is 11.8 Å². The lowest BCUT2D eigenvalue weighted by Gasteiger charge is -2.15. The summed E-state index contributed by atoms with van der Waals surface area (Å²) >= 11 is 1.24. The molecule has 0 heterocycles. The predicted octanol–water partition coefficient (Wildman–Crippen LogP) is 4.38. The van der Waals surface area contributed by atoms with Gasteiger partial charge in [0.25, 0.3) is 0 Å². The van der Waals surface area contributed by atoms with Crippen LogP contribution in [0.4, 0.5) is 0 Å². The Hall–Kier alpha value is -0.700. The fourth-order valence-electron chi connectivity index (χ4n) is 1.85. The molecule has 0 bridgehead atoms. The van der Waals surface area contributed by atoms with Gasteiger partial charge in [0.1, 0.15) is 5.76 Å². The van der Waals surface area contributed by atoms with Gasteiger partial charge in [0.15, 0.2) is 0 Å². The van der Waals surface area contributed by atoms with E-state index in [1.165, 1.54) is 42.7 Å². The molecule has 1 rings (SSSR count). The second-order valence-electron chi connectivity index (χ2n) is 5.47. The molecule has 1 fully saturated rings. The van der Waals surface area contributed by atoms with Crippen LogP contribution in [0.5, 0.6) is 0 Å². The van der Waals surface area contributed by atoms with Crippen LogP contribution in [0.1, 0.15) is 52.9 Å². The second kappa shape index (κ2) is 6.29. The number of hydrogen-bond donors (Lipinski definition) is 1. The Morgan fingerprint density at radius 2 is 1.82 bits per heavy atom. The van der Waals surface area contributed by atoms with Gasteiger partial charge in [-0.1, -0.05) is 44.5 Å². The highest BCUT2D eigenvalue weighted by molar-refractivity contribution is 8.15. The van der Waals surface area contributed by atoms with Gasteiger partial charge in [-0.25, -0.2) is 0 Å². The molecular weight excluding hydrogens is 232 g/mol. The van der Waals surface area contributed by atoms with Crippen LogP contribution in [0.3, 0.4) is 0 Å². The fraction of sp³-hybridized carbons (Fsp3) is 0.643. The summed E-state index contributed by atoms with van der Waals surface area (Å²) in [4.78, 5) is 11.6. The Morgan fingerprint density at radius 3 is 2.35 bits per heavy atom. The average molecular weight is 254 g/mol. The maximum absolute atomic E-state index is 11.6. The zero-order valence-electron chi connectivity index (χ0n) is 11.0. The van der Waals surface area contributed by atoms with Crippen molar-refractivity contribution in [1.29, 1.82) is 0 Å². The molecule has 1 saturated carbocycles. The summed E-state index contributed by atoms with van der Waals surface area (Å²) < 4.78 is -0.105. The number of aliphatic hydroxyl groups excluding tert-OH is 1. The molecule has 17 heavy (non-hydrogen) atoms. The van der Waals surface area contributed by atoms with Gasteiger partial charge in [0.2, 0.25) is 5.12 Å². The van der Waals surface area contributed by atoms with Gasteiger partial charge < -0.3 is 5.11 Å². The molecule has 0 aromatic rings. The number of allylic oxidation sites excluding steroid dienone is 2. The first-order chi connectivity index (χ1) is 7.87. The maximum Gasteiger partial charge on any atom is 0.216 e. The second-order valence-corrected chi connectivity index (χ2v) is 7.30. The van der Waals surface area contributed by atoms with Crippen LogP contribution in [0.15, 0.2) is 23.5 Å². The molecule has 96 valence electrons. The van der Waals surface area contributed by atoms with Crippen molar-refractivity contribution in [2.24, 2.45) is 0 Å². The molecule has 0 aliphatic heterocycles. The Balaban J connectivity index is 2.56. The molecule has 0 amide bonds. The minimum Gasteiger partial charge on any atom is -0.508 e. The number of thioether (sulfide) groups is 1. The third kappa shape index (κ3) is 6.57. The molecule has 0 atom stereocenters. The van der Waals surface area contributed by atoms with E-state index >= 15 is 0 Å². The molecule has 2 nitrogen and oxygen atoms in total. The highest BCUT2D eigenvalue weighted by Crippen LogP contribution is 2.26. The number of hydrogen-bond acceptors (Lipinski definition) is 3. The van der Waals surface area contributed by atoms with E-state index in [1.54, 1.807) is 6.08 Å². The van der Waals surface area contributed by atoms with Gasteiger partial charge in [-0.05, 0) is 31.8 Å². The van der Waals surface area contributed by atoms with Crippen molar-refractivity contribution >= 4 is 16.9 Å². The molecule has 3 heteroatoms. The van der Waals surface area contributed by atoms with E-state index in [9.17, 15) is 9.90 Å². The van der Waals surface area contributed by atoms with Crippen molar-refractivity contribution in [2.75, 3.05) is 0 Å². The van der Waals surface area contributed by atoms with Crippen LogP contribution in [0.2, 0.25) is 0 Å². The molecule has 0 unspecified atom stereocenters. The molecule has 0 spiro atoms. The summed E-state index contributed by atoms with van der Waals surface area (Å²) in [6.07, 6.45) is 8.88. The number of carbonyl (C=O) groups excluding carboxylic acids is 1. The summed E-state index contributed by atoms with van der Waals surface area (Å²) in [6.45, 7) is 5.96. The minimum absolute atomic E-state index is 0.0809. The average Bonchev–Trinajstić information content (AvgIpc) is 2.15. The van der Waals surface area contributed by atoms with Crippen LogP contribution in [-0.4, -0.2) is 15.0 Å². The Morgan fingerprint density at radius 1 is 1.24 bits per heavy atom. The van der Waals surface area contributed by atoms with Crippen molar-refractivity contribution in [2.45, 2.75) is 57.6 Å². The summed E-state index contributed by atoms with van der Waals surface area (Å²) in [5, 5.41) is 9.64. The van der Waals surface area contributed by atoms with E-state index in [0.29, 0.717) is 0 Å². The zero-order chi connectivity index (χ0) is 12.9. The summed E-state index contributed by atoms with van der Waals surface area (Å²) in [7, 11) is 0. The Kier molecular flexibility index (Phi) is 5.31. The van der Waals surface area contributed by atoms with E-state index < -0.39 is 0 Å². The molecule has 0 aromatic carbocycles. The smallest absolute Gasteiger partial charge is 0.216 e. The number of rotatable bonds is 2. The SMILES string of the molecule is CC(C)(C)SC(=O)/C=C(\O)C=C1CCCCC1. The highest BCUT2D eigenvalue weighted by Gasteiger charge is 2.15. The van der Waals surface area contributed by atoms with Crippen molar-refractivity contribution in [3.63, 3.8) is 0 Å². The maximum atomic E-state index is 11.6. The Labute approximate surface area is 108 Å². The molecule has 0 saturated heterocycles. The van der Waals surface area contributed by atoms with E-state index in [4.69, 9.17) is 0 Å². The molecule has 1 aliphatic carbocycles. The van der Waals surface area contributed by atoms with E-state index in [2.05, 4.69) is 0 Å². The molecule has 1 N–H and O–H groups in total. The fourth-order valence-corrected chi connectivity index (χ4v) is 2.64. The third-order valence-electron chi connectivity index (χ3n) is 2.52. The lowest BCUT2D eigenvalue weighted by Crippen LogP contribution is -2.10. The van der Waals surface area contributed by atoms with Crippen molar-refractivity contribution < 1.29 is 9.90 Å².